The molecule has 0 heterocycles. The van der Waals surface area contributed by atoms with Gasteiger partial charge in [0.2, 0.25) is 11.8 Å². The normalized spacial score (nSPS) is 14.4. The number of hydrogen-bond donors (Lipinski definition) is 1. The second kappa shape index (κ2) is 14.5. The Balaban J connectivity index is 1.76. The molecule has 1 atom stereocenters. The molecule has 0 aromatic heterocycles. The van der Waals surface area contributed by atoms with Gasteiger partial charge in [-0.3, -0.25) is 13.9 Å². The van der Waals surface area contributed by atoms with Gasteiger partial charge in [-0.1, -0.05) is 89.9 Å². The maximum atomic E-state index is 14.3. The smallest absolute Gasteiger partial charge is 0.264 e. The number of nitrogens with one attached hydrogen (secondary N) is 1. The fourth-order valence-electron chi connectivity index (χ4n) is 5.15. The van der Waals surface area contributed by atoms with Crippen molar-refractivity contribution in [3.63, 3.8) is 0 Å². The third kappa shape index (κ3) is 8.17. The van der Waals surface area contributed by atoms with Gasteiger partial charge in [-0.15, -0.1) is 0 Å². The summed E-state index contributed by atoms with van der Waals surface area (Å²) in [5, 5.41) is 4.15. The van der Waals surface area contributed by atoms with E-state index >= 15 is 0 Å². The second-order valence-electron chi connectivity index (χ2n) is 10.6. The molecule has 230 valence electrons. The number of nitrogens with zero attached hydrogens (tertiary/aromatic N) is 2. The van der Waals surface area contributed by atoms with Crippen LogP contribution in [0.15, 0.2) is 65.6 Å². The quantitative estimate of drug-likeness (QED) is 0.225. The fraction of sp³-hybridized carbons (Fsp3) is 0.355. The number of hydrogen-bond acceptors (Lipinski definition) is 4. The van der Waals surface area contributed by atoms with Crippen LogP contribution in [0.3, 0.4) is 0 Å². The highest BCUT2D eigenvalue weighted by molar-refractivity contribution is 7.92. The lowest BCUT2D eigenvalue weighted by atomic mass is 10.1. The van der Waals surface area contributed by atoms with Gasteiger partial charge in [-0.05, 0) is 74.2 Å². The average molecular weight is 686 g/mol. The van der Waals surface area contributed by atoms with Gasteiger partial charge in [0.1, 0.15) is 12.6 Å². The van der Waals surface area contributed by atoms with E-state index in [0.717, 1.165) is 35.6 Å². The van der Waals surface area contributed by atoms with E-state index in [0.29, 0.717) is 15.6 Å². The Labute approximate surface area is 273 Å². The summed E-state index contributed by atoms with van der Waals surface area (Å²) in [6, 6.07) is 14.7. The van der Waals surface area contributed by atoms with Crippen molar-refractivity contribution in [1.82, 2.24) is 10.2 Å². The molecule has 0 radical (unpaired) electrons. The van der Waals surface area contributed by atoms with E-state index in [1.807, 2.05) is 6.92 Å². The molecular weight excluding hydrogens is 652 g/mol. The van der Waals surface area contributed by atoms with Crippen molar-refractivity contribution in [2.45, 2.75) is 69.5 Å². The van der Waals surface area contributed by atoms with Crippen LogP contribution in [0, 0.1) is 6.92 Å². The first-order chi connectivity index (χ1) is 20.4. The molecule has 7 nitrogen and oxygen atoms in total. The first kappa shape index (κ1) is 33.4. The number of aryl methyl sites for hydroxylation is 1. The summed E-state index contributed by atoms with van der Waals surface area (Å²) in [7, 11) is -4.30. The minimum absolute atomic E-state index is 0.0275. The van der Waals surface area contributed by atoms with Crippen molar-refractivity contribution in [1.29, 1.82) is 0 Å². The van der Waals surface area contributed by atoms with Crippen LogP contribution in [0.2, 0.25) is 20.1 Å². The van der Waals surface area contributed by atoms with Gasteiger partial charge in [-0.2, -0.15) is 0 Å². The zero-order valence-corrected chi connectivity index (χ0v) is 27.7. The lowest BCUT2D eigenvalue weighted by Gasteiger charge is -2.34. The third-order valence-electron chi connectivity index (χ3n) is 7.51. The molecule has 3 aromatic rings. The summed E-state index contributed by atoms with van der Waals surface area (Å²) in [5.74, 6) is -0.923. The van der Waals surface area contributed by atoms with E-state index in [1.165, 1.54) is 35.2 Å². The molecule has 1 aliphatic rings. The van der Waals surface area contributed by atoms with Crippen LogP contribution >= 0.6 is 46.4 Å². The third-order valence-corrected chi connectivity index (χ3v) is 10.4. The van der Waals surface area contributed by atoms with Crippen molar-refractivity contribution in [3.8, 4) is 0 Å². The number of benzene rings is 3. The predicted molar refractivity (Wildman–Crippen MR) is 174 cm³/mol. The number of amides is 2. The van der Waals surface area contributed by atoms with E-state index in [1.54, 1.807) is 37.3 Å². The van der Waals surface area contributed by atoms with E-state index in [-0.39, 0.29) is 45.5 Å². The summed E-state index contributed by atoms with van der Waals surface area (Å²) in [6.07, 6.45) is 4.08. The summed E-state index contributed by atoms with van der Waals surface area (Å²) in [6.45, 7) is 2.95. The average Bonchev–Trinajstić information content (AvgIpc) is 3.47. The van der Waals surface area contributed by atoms with Crippen molar-refractivity contribution in [2.75, 3.05) is 10.8 Å². The van der Waals surface area contributed by atoms with Gasteiger partial charge in [0.15, 0.2) is 0 Å². The molecule has 43 heavy (non-hydrogen) atoms. The van der Waals surface area contributed by atoms with Gasteiger partial charge in [0.25, 0.3) is 10.0 Å². The highest BCUT2D eigenvalue weighted by Gasteiger charge is 2.35. The standard InChI is InChI=1S/C31H33Cl4N3O4S/c1-3-28(31(40)36-24-6-4-5-7-24)37(18-21-10-11-22(32)16-27(21)35)30(39)19-38(29-17-23(33)12-15-26(29)34)43(41,42)25-13-8-20(2)9-14-25/h8-17,24,28H,3-7,18-19H2,1-2H3,(H,36,40)/t28-/m1/s1. The number of halogens is 4. The van der Waals surface area contributed by atoms with Gasteiger partial charge in [0.05, 0.1) is 15.6 Å². The molecule has 3 aromatic carbocycles. The Morgan fingerprint density at radius 2 is 1.53 bits per heavy atom. The molecule has 4 rings (SSSR count). The zero-order valence-electron chi connectivity index (χ0n) is 23.8. The monoisotopic (exact) mass is 683 g/mol. The molecule has 12 heteroatoms. The Hall–Kier alpha value is -2.49. The van der Waals surface area contributed by atoms with Crippen LogP contribution in [0.1, 0.15) is 50.2 Å². The summed E-state index contributed by atoms with van der Waals surface area (Å²) < 4.78 is 29.1. The first-order valence-corrected chi connectivity index (χ1v) is 16.9. The van der Waals surface area contributed by atoms with Crippen molar-refractivity contribution in [3.05, 3.63) is 91.9 Å². The SMILES string of the molecule is CC[C@H](C(=O)NC1CCCC1)N(Cc1ccc(Cl)cc1Cl)C(=O)CN(c1cc(Cl)ccc1Cl)S(=O)(=O)c1ccc(C)cc1. The van der Waals surface area contributed by atoms with E-state index in [4.69, 9.17) is 46.4 Å². The van der Waals surface area contributed by atoms with Crippen LogP contribution in [0.5, 0.6) is 0 Å². The molecule has 1 saturated carbocycles. The maximum Gasteiger partial charge on any atom is 0.264 e. The number of sulfonamides is 1. The summed E-state index contributed by atoms with van der Waals surface area (Å²) in [4.78, 5) is 29.2. The molecule has 0 aliphatic heterocycles. The molecule has 2 amide bonds. The van der Waals surface area contributed by atoms with Crippen molar-refractivity contribution < 1.29 is 18.0 Å². The fourth-order valence-corrected chi connectivity index (χ4v) is 7.48. The Kier molecular flexibility index (Phi) is 11.3. The first-order valence-electron chi connectivity index (χ1n) is 14.0. The van der Waals surface area contributed by atoms with E-state index < -0.39 is 28.5 Å². The molecule has 0 spiro atoms. The van der Waals surface area contributed by atoms with Crippen LogP contribution in [0.25, 0.3) is 0 Å². The Bertz CT molecular complexity index is 1580. The van der Waals surface area contributed by atoms with Crippen LogP contribution in [0.4, 0.5) is 5.69 Å². The van der Waals surface area contributed by atoms with E-state index in [9.17, 15) is 18.0 Å². The molecule has 1 fully saturated rings. The lowest BCUT2D eigenvalue weighted by molar-refractivity contribution is -0.140. The summed E-state index contributed by atoms with van der Waals surface area (Å²) >= 11 is 25.3. The van der Waals surface area contributed by atoms with Crippen molar-refractivity contribution in [2.24, 2.45) is 0 Å². The summed E-state index contributed by atoms with van der Waals surface area (Å²) in [5.41, 5.74) is 1.46. The number of carbonyl (C=O) groups is 2. The van der Waals surface area contributed by atoms with Crippen LogP contribution < -0.4 is 9.62 Å². The van der Waals surface area contributed by atoms with E-state index in [2.05, 4.69) is 5.32 Å². The zero-order chi connectivity index (χ0) is 31.3. The topological polar surface area (TPSA) is 86.8 Å². The van der Waals surface area contributed by atoms with Crippen LogP contribution in [-0.2, 0) is 26.2 Å². The molecular formula is C31H33Cl4N3O4S. The molecule has 0 bridgehead atoms. The van der Waals surface area contributed by atoms with Crippen molar-refractivity contribution >= 4 is 73.9 Å². The number of carbonyl (C=O) groups excluding carboxylic acids is 2. The highest BCUT2D eigenvalue weighted by atomic mass is 35.5. The van der Waals surface area contributed by atoms with Crippen LogP contribution in [-0.4, -0.2) is 43.8 Å². The minimum atomic E-state index is -4.30. The minimum Gasteiger partial charge on any atom is -0.352 e. The predicted octanol–water partition coefficient (Wildman–Crippen LogP) is 7.67. The van der Waals surface area contributed by atoms with Gasteiger partial charge >= 0.3 is 0 Å². The van der Waals surface area contributed by atoms with Gasteiger partial charge in [-0.25, -0.2) is 8.42 Å². The van der Waals surface area contributed by atoms with Gasteiger partial charge < -0.3 is 10.2 Å². The molecule has 1 N–H and O–H groups in total. The molecule has 0 saturated heterocycles. The lowest BCUT2D eigenvalue weighted by Crippen LogP contribution is -2.53. The molecule has 0 unspecified atom stereocenters. The maximum absolute atomic E-state index is 14.3. The molecule has 1 aliphatic carbocycles. The van der Waals surface area contributed by atoms with Gasteiger partial charge in [0, 0.05) is 27.7 Å². The highest BCUT2D eigenvalue weighted by Crippen LogP contribution is 2.34. The largest absolute Gasteiger partial charge is 0.352 e. The second-order valence-corrected chi connectivity index (χ2v) is 14.1. The Morgan fingerprint density at radius 3 is 2.16 bits per heavy atom. The number of anilines is 1. The number of rotatable bonds is 11. The Morgan fingerprint density at radius 1 is 0.907 bits per heavy atom.